The average Bonchev–Trinajstić information content (AvgIpc) is 2.63. The maximum Gasteiger partial charge on any atom is 0.122 e. The molecule has 0 saturated heterocycles. The Labute approximate surface area is 94.3 Å². The molecule has 0 aliphatic heterocycles. The summed E-state index contributed by atoms with van der Waals surface area (Å²) in [4.78, 5) is 7.18. The van der Waals surface area contributed by atoms with Crippen molar-refractivity contribution < 1.29 is 9.84 Å². The highest BCUT2D eigenvalue weighted by Crippen LogP contribution is 2.23. The Morgan fingerprint density at radius 1 is 1.44 bits per heavy atom. The largest absolute Gasteiger partial charge is 0.488 e. The minimum absolute atomic E-state index is 0.124. The number of benzene rings is 1. The Kier molecular flexibility index (Phi) is 2.83. The van der Waals surface area contributed by atoms with Crippen molar-refractivity contribution in [1.29, 1.82) is 0 Å². The van der Waals surface area contributed by atoms with E-state index in [-0.39, 0.29) is 12.2 Å². The van der Waals surface area contributed by atoms with Crippen molar-refractivity contribution >= 4 is 11.0 Å². The molecule has 0 saturated carbocycles. The molecule has 16 heavy (non-hydrogen) atoms. The molecule has 0 aliphatic rings. The highest BCUT2D eigenvalue weighted by Gasteiger charge is 2.19. The van der Waals surface area contributed by atoms with Crippen molar-refractivity contribution in [3.05, 3.63) is 24.5 Å². The quantitative estimate of drug-likeness (QED) is 0.829. The molecule has 0 atom stereocenters. The second-order valence-electron chi connectivity index (χ2n) is 4.42. The van der Waals surface area contributed by atoms with Crippen molar-refractivity contribution in [2.75, 3.05) is 6.61 Å². The second kappa shape index (κ2) is 4.14. The van der Waals surface area contributed by atoms with Gasteiger partial charge in [-0.3, -0.25) is 0 Å². The molecule has 4 nitrogen and oxygen atoms in total. The summed E-state index contributed by atoms with van der Waals surface area (Å²) in [6.45, 7) is 4.04. The first-order valence-corrected chi connectivity index (χ1v) is 5.34. The molecule has 2 rings (SSSR count). The highest BCUT2D eigenvalue weighted by atomic mass is 16.5. The van der Waals surface area contributed by atoms with Gasteiger partial charge in [0, 0.05) is 19.1 Å². The zero-order valence-corrected chi connectivity index (χ0v) is 9.53. The van der Waals surface area contributed by atoms with Gasteiger partial charge in [-0.15, -0.1) is 0 Å². The molecule has 0 unspecified atom stereocenters. The van der Waals surface area contributed by atoms with Crippen molar-refractivity contribution in [2.24, 2.45) is 0 Å². The number of aromatic amines is 1. The minimum Gasteiger partial charge on any atom is -0.488 e. The number of aromatic nitrogens is 2. The van der Waals surface area contributed by atoms with E-state index in [0.717, 1.165) is 16.8 Å². The topological polar surface area (TPSA) is 58.1 Å². The SMILES string of the molecule is CC(C)(CCO)Oc1ccc2nc[nH]c2c1. The maximum absolute atomic E-state index is 8.92. The van der Waals surface area contributed by atoms with E-state index in [4.69, 9.17) is 9.84 Å². The van der Waals surface area contributed by atoms with Crippen LogP contribution in [0.15, 0.2) is 24.5 Å². The van der Waals surface area contributed by atoms with Crippen LogP contribution < -0.4 is 4.74 Å². The Balaban J connectivity index is 2.20. The Morgan fingerprint density at radius 2 is 2.25 bits per heavy atom. The predicted octanol–water partition coefficient (Wildman–Crippen LogP) is 2.10. The van der Waals surface area contributed by atoms with Gasteiger partial charge in [-0.05, 0) is 26.0 Å². The van der Waals surface area contributed by atoms with Crippen LogP contribution >= 0.6 is 0 Å². The lowest BCUT2D eigenvalue weighted by molar-refractivity contribution is 0.0766. The number of hydrogen-bond donors (Lipinski definition) is 2. The maximum atomic E-state index is 8.92. The number of nitrogens with zero attached hydrogens (tertiary/aromatic N) is 1. The molecule has 1 aromatic carbocycles. The van der Waals surface area contributed by atoms with Gasteiger partial charge < -0.3 is 14.8 Å². The van der Waals surface area contributed by atoms with Crippen LogP contribution in [0.4, 0.5) is 0 Å². The Morgan fingerprint density at radius 3 is 3.00 bits per heavy atom. The van der Waals surface area contributed by atoms with Crippen LogP contribution in [0.25, 0.3) is 11.0 Å². The minimum atomic E-state index is -0.359. The zero-order chi connectivity index (χ0) is 11.6. The van der Waals surface area contributed by atoms with Crippen LogP contribution in [0.2, 0.25) is 0 Å². The number of nitrogens with one attached hydrogen (secondary N) is 1. The summed E-state index contributed by atoms with van der Waals surface area (Å²) in [6, 6.07) is 5.72. The number of H-pyrrole nitrogens is 1. The molecule has 0 radical (unpaired) electrons. The van der Waals surface area contributed by atoms with E-state index in [1.54, 1.807) is 6.33 Å². The summed E-state index contributed by atoms with van der Waals surface area (Å²) < 4.78 is 5.81. The lowest BCUT2D eigenvalue weighted by Crippen LogP contribution is -2.29. The van der Waals surface area contributed by atoms with Gasteiger partial charge in [-0.2, -0.15) is 0 Å². The molecule has 0 aliphatic carbocycles. The third-order valence-electron chi connectivity index (χ3n) is 2.50. The number of imidazole rings is 1. The van der Waals surface area contributed by atoms with Crippen molar-refractivity contribution in [1.82, 2.24) is 9.97 Å². The fourth-order valence-corrected chi connectivity index (χ4v) is 1.62. The monoisotopic (exact) mass is 220 g/mol. The van der Waals surface area contributed by atoms with E-state index in [9.17, 15) is 0 Å². The van der Waals surface area contributed by atoms with Gasteiger partial charge in [-0.1, -0.05) is 0 Å². The van der Waals surface area contributed by atoms with E-state index >= 15 is 0 Å². The number of ether oxygens (including phenoxy) is 1. The molecule has 86 valence electrons. The molecule has 0 bridgehead atoms. The smallest absolute Gasteiger partial charge is 0.122 e. The molecule has 2 aromatic rings. The van der Waals surface area contributed by atoms with Crippen LogP contribution in [0.5, 0.6) is 5.75 Å². The van der Waals surface area contributed by atoms with Crippen LogP contribution in [0.1, 0.15) is 20.3 Å². The van der Waals surface area contributed by atoms with E-state index in [2.05, 4.69) is 9.97 Å². The summed E-state index contributed by atoms with van der Waals surface area (Å²) in [5, 5.41) is 8.92. The number of rotatable bonds is 4. The Bertz CT molecular complexity index is 477. The summed E-state index contributed by atoms with van der Waals surface area (Å²) >= 11 is 0. The zero-order valence-electron chi connectivity index (χ0n) is 9.53. The van der Waals surface area contributed by atoms with Crippen LogP contribution in [-0.4, -0.2) is 27.3 Å². The van der Waals surface area contributed by atoms with Crippen molar-refractivity contribution in [3.63, 3.8) is 0 Å². The number of aliphatic hydroxyl groups excluding tert-OH is 1. The third-order valence-corrected chi connectivity index (χ3v) is 2.50. The van der Waals surface area contributed by atoms with Gasteiger partial charge >= 0.3 is 0 Å². The van der Waals surface area contributed by atoms with Crippen molar-refractivity contribution in [2.45, 2.75) is 25.9 Å². The summed E-state index contributed by atoms with van der Waals surface area (Å²) in [7, 11) is 0. The predicted molar refractivity (Wildman–Crippen MR) is 62.5 cm³/mol. The average molecular weight is 220 g/mol. The molecule has 0 fully saturated rings. The number of hydrogen-bond acceptors (Lipinski definition) is 3. The first-order valence-electron chi connectivity index (χ1n) is 5.34. The normalized spacial score (nSPS) is 11.9. The summed E-state index contributed by atoms with van der Waals surface area (Å²) in [6.07, 6.45) is 2.27. The first-order chi connectivity index (χ1) is 7.61. The van der Waals surface area contributed by atoms with E-state index in [0.29, 0.717) is 6.42 Å². The molecule has 1 heterocycles. The number of aliphatic hydroxyl groups is 1. The second-order valence-corrected chi connectivity index (χ2v) is 4.42. The molecule has 1 aromatic heterocycles. The first kappa shape index (κ1) is 11.0. The fourth-order valence-electron chi connectivity index (χ4n) is 1.62. The van der Waals surface area contributed by atoms with E-state index < -0.39 is 0 Å². The fraction of sp³-hybridized carbons (Fsp3) is 0.417. The van der Waals surface area contributed by atoms with E-state index in [1.807, 2.05) is 32.0 Å². The van der Waals surface area contributed by atoms with Crippen molar-refractivity contribution in [3.8, 4) is 5.75 Å². The Hall–Kier alpha value is -1.55. The molecule has 4 heteroatoms. The van der Waals surface area contributed by atoms with Gasteiger partial charge in [-0.25, -0.2) is 4.98 Å². The van der Waals surface area contributed by atoms with Crippen LogP contribution in [-0.2, 0) is 0 Å². The lowest BCUT2D eigenvalue weighted by atomic mass is 10.1. The van der Waals surface area contributed by atoms with Gasteiger partial charge in [0.15, 0.2) is 0 Å². The molecule has 0 amide bonds. The van der Waals surface area contributed by atoms with Gasteiger partial charge in [0.1, 0.15) is 11.4 Å². The van der Waals surface area contributed by atoms with Crippen LogP contribution in [0, 0.1) is 0 Å². The van der Waals surface area contributed by atoms with Gasteiger partial charge in [0.05, 0.1) is 17.4 Å². The molecular weight excluding hydrogens is 204 g/mol. The standard InChI is InChI=1S/C12H16N2O2/c1-12(2,5-6-15)16-9-3-4-10-11(7-9)14-8-13-10/h3-4,7-8,15H,5-6H2,1-2H3,(H,13,14). The number of fused-ring (bicyclic) bond motifs is 1. The van der Waals surface area contributed by atoms with E-state index in [1.165, 1.54) is 0 Å². The van der Waals surface area contributed by atoms with Gasteiger partial charge in [0.25, 0.3) is 0 Å². The summed E-state index contributed by atoms with van der Waals surface area (Å²) in [5.74, 6) is 0.787. The van der Waals surface area contributed by atoms with Gasteiger partial charge in [0.2, 0.25) is 0 Å². The van der Waals surface area contributed by atoms with Crippen LogP contribution in [0.3, 0.4) is 0 Å². The molecule has 2 N–H and O–H groups in total. The summed E-state index contributed by atoms with van der Waals surface area (Å²) in [5.41, 5.74) is 1.52. The highest BCUT2D eigenvalue weighted by molar-refractivity contribution is 5.75. The third kappa shape index (κ3) is 2.33. The molecule has 0 spiro atoms. The lowest BCUT2D eigenvalue weighted by Gasteiger charge is -2.25. The molecular formula is C12H16N2O2.